The molecule has 0 rings (SSSR count). The standard InChI is InChI=1S/C5H5F6/c6-1-3(8)5(10,11)4(9)2-7/h1,3-4H,2H2. The fourth-order valence-corrected chi connectivity index (χ4v) is 0.360. The first-order valence-electron chi connectivity index (χ1n) is 2.62. The summed E-state index contributed by atoms with van der Waals surface area (Å²) in [6, 6.07) is 0. The van der Waals surface area contributed by atoms with Gasteiger partial charge in [-0.3, -0.25) is 0 Å². The van der Waals surface area contributed by atoms with Crippen LogP contribution in [0.4, 0.5) is 26.3 Å². The van der Waals surface area contributed by atoms with Gasteiger partial charge in [0.25, 0.3) is 0 Å². The Morgan fingerprint density at radius 3 is 2.00 bits per heavy atom. The summed E-state index contributed by atoms with van der Waals surface area (Å²) in [6.45, 7) is -3.05. The number of hydrogen-bond acceptors (Lipinski definition) is 0. The molecule has 2 unspecified atom stereocenters. The molecule has 0 saturated carbocycles. The zero-order chi connectivity index (χ0) is 9.07. The second kappa shape index (κ2) is 3.82. The van der Waals surface area contributed by atoms with Gasteiger partial charge in [-0.2, -0.15) is 8.78 Å². The quantitative estimate of drug-likeness (QED) is 0.581. The average Bonchev–Trinajstić information content (AvgIpc) is 2.01. The molecule has 0 amide bonds. The van der Waals surface area contributed by atoms with Crippen molar-refractivity contribution in [3.05, 3.63) is 6.67 Å². The SMILES string of the molecule is F[CH]C(F)C(F)(F)C(F)CF. The van der Waals surface area contributed by atoms with Crippen LogP contribution in [0.3, 0.4) is 0 Å². The van der Waals surface area contributed by atoms with E-state index >= 15 is 0 Å². The lowest BCUT2D eigenvalue weighted by Gasteiger charge is -2.19. The van der Waals surface area contributed by atoms with Gasteiger partial charge in [-0.15, -0.1) is 0 Å². The Hall–Kier alpha value is -0.420. The van der Waals surface area contributed by atoms with Crippen LogP contribution in [-0.2, 0) is 0 Å². The fraction of sp³-hybridized carbons (Fsp3) is 0.800. The number of halogens is 6. The number of rotatable bonds is 4. The van der Waals surface area contributed by atoms with E-state index in [1.807, 2.05) is 0 Å². The van der Waals surface area contributed by atoms with Gasteiger partial charge in [0.1, 0.15) is 6.67 Å². The molecule has 0 saturated heterocycles. The second-order valence-electron chi connectivity index (χ2n) is 1.82. The molecule has 0 nitrogen and oxygen atoms in total. The highest BCUT2D eigenvalue weighted by Gasteiger charge is 2.49. The summed E-state index contributed by atoms with van der Waals surface area (Å²) in [5.41, 5.74) is 0. The molecule has 1 radical (unpaired) electrons. The van der Waals surface area contributed by atoms with E-state index in [2.05, 4.69) is 0 Å². The summed E-state index contributed by atoms with van der Waals surface area (Å²) in [4.78, 5) is 0. The highest BCUT2D eigenvalue weighted by atomic mass is 19.3. The summed E-state index contributed by atoms with van der Waals surface area (Å²) in [7, 11) is 0. The zero-order valence-electron chi connectivity index (χ0n) is 5.21. The molecule has 0 N–H and O–H groups in total. The molecule has 6 heteroatoms. The van der Waals surface area contributed by atoms with Crippen molar-refractivity contribution in [1.82, 2.24) is 0 Å². The monoisotopic (exact) mass is 179 g/mol. The first-order chi connectivity index (χ1) is 4.96. The molecule has 11 heavy (non-hydrogen) atoms. The summed E-state index contributed by atoms with van der Waals surface area (Å²) in [5, 5.41) is 0. The lowest BCUT2D eigenvalue weighted by atomic mass is 10.1. The molecule has 0 bridgehead atoms. The van der Waals surface area contributed by atoms with Crippen LogP contribution in [0.1, 0.15) is 0 Å². The van der Waals surface area contributed by atoms with Gasteiger partial charge in [-0.1, -0.05) is 0 Å². The van der Waals surface area contributed by atoms with Crippen LogP contribution < -0.4 is 0 Å². The minimum absolute atomic E-state index is 1.01. The van der Waals surface area contributed by atoms with Gasteiger partial charge in [-0.05, 0) is 0 Å². The average molecular weight is 179 g/mol. The molecular formula is C5H5F6. The summed E-state index contributed by atoms with van der Waals surface area (Å²) >= 11 is 0. The summed E-state index contributed by atoms with van der Waals surface area (Å²) in [6.07, 6.45) is -6.70. The van der Waals surface area contributed by atoms with Crippen molar-refractivity contribution in [3.8, 4) is 0 Å². The third-order valence-corrected chi connectivity index (χ3v) is 1.03. The summed E-state index contributed by atoms with van der Waals surface area (Å²) < 4.78 is 69.8. The van der Waals surface area contributed by atoms with E-state index in [0.717, 1.165) is 0 Å². The molecule has 0 aromatic heterocycles. The number of alkyl halides is 5. The Morgan fingerprint density at radius 1 is 1.27 bits per heavy atom. The van der Waals surface area contributed by atoms with E-state index < -0.39 is 31.6 Å². The predicted octanol–water partition coefficient (Wildman–Crippen LogP) is 2.40. The van der Waals surface area contributed by atoms with E-state index in [4.69, 9.17) is 0 Å². The molecule has 0 fully saturated rings. The normalized spacial score (nSPS) is 18.0. The van der Waals surface area contributed by atoms with Crippen molar-refractivity contribution in [2.75, 3.05) is 6.67 Å². The first-order valence-corrected chi connectivity index (χ1v) is 2.62. The zero-order valence-corrected chi connectivity index (χ0v) is 5.21. The third-order valence-electron chi connectivity index (χ3n) is 1.03. The molecule has 0 aromatic rings. The molecule has 0 spiro atoms. The van der Waals surface area contributed by atoms with Gasteiger partial charge in [-0.25, -0.2) is 17.6 Å². The highest BCUT2D eigenvalue weighted by molar-refractivity contribution is 4.88. The number of hydrogen-bond donors (Lipinski definition) is 0. The lowest BCUT2D eigenvalue weighted by molar-refractivity contribution is -0.127. The molecule has 67 valence electrons. The van der Waals surface area contributed by atoms with Gasteiger partial charge in [0.05, 0.1) is 0 Å². The first kappa shape index (κ1) is 10.6. The summed E-state index contributed by atoms with van der Waals surface area (Å²) in [5.74, 6) is -4.62. The Labute approximate surface area is 59.2 Å². The topological polar surface area (TPSA) is 0 Å². The largest absolute Gasteiger partial charge is 0.314 e. The van der Waals surface area contributed by atoms with Gasteiger partial charge >= 0.3 is 5.92 Å². The maximum Gasteiger partial charge on any atom is 0.314 e. The minimum atomic E-state index is -4.62. The molecule has 2 atom stereocenters. The van der Waals surface area contributed by atoms with E-state index in [1.54, 1.807) is 0 Å². The van der Waals surface area contributed by atoms with Crippen molar-refractivity contribution in [2.24, 2.45) is 0 Å². The van der Waals surface area contributed by atoms with Crippen molar-refractivity contribution in [2.45, 2.75) is 18.3 Å². The van der Waals surface area contributed by atoms with E-state index in [-0.39, 0.29) is 0 Å². The van der Waals surface area contributed by atoms with Crippen LogP contribution >= 0.6 is 0 Å². The molecular weight excluding hydrogens is 174 g/mol. The predicted molar refractivity (Wildman–Crippen MR) is 26.1 cm³/mol. The van der Waals surface area contributed by atoms with Crippen molar-refractivity contribution < 1.29 is 26.3 Å². The van der Waals surface area contributed by atoms with Crippen LogP contribution in [0.2, 0.25) is 0 Å². The van der Waals surface area contributed by atoms with Crippen molar-refractivity contribution in [3.63, 3.8) is 0 Å². The van der Waals surface area contributed by atoms with Gasteiger partial charge in [0, 0.05) is 0 Å². The van der Waals surface area contributed by atoms with E-state index in [1.165, 1.54) is 0 Å². The van der Waals surface area contributed by atoms with Gasteiger partial charge in [0.15, 0.2) is 12.8 Å². The Kier molecular flexibility index (Phi) is 3.68. The lowest BCUT2D eigenvalue weighted by Crippen LogP contribution is -2.40. The van der Waals surface area contributed by atoms with Crippen LogP contribution in [0.25, 0.3) is 0 Å². The molecule has 0 aliphatic heterocycles. The van der Waals surface area contributed by atoms with Crippen molar-refractivity contribution in [1.29, 1.82) is 0 Å². The Bertz CT molecular complexity index is 102. The van der Waals surface area contributed by atoms with Gasteiger partial charge in [0.2, 0.25) is 6.17 Å². The second-order valence-corrected chi connectivity index (χ2v) is 1.82. The van der Waals surface area contributed by atoms with Crippen LogP contribution in [-0.4, -0.2) is 24.9 Å². The third kappa shape index (κ3) is 2.27. The molecule has 0 aliphatic rings. The molecule has 0 aliphatic carbocycles. The fourth-order valence-electron chi connectivity index (χ4n) is 0.360. The molecule has 0 aromatic carbocycles. The minimum Gasteiger partial charge on any atom is -0.248 e. The van der Waals surface area contributed by atoms with Crippen LogP contribution in [0.5, 0.6) is 0 Å². The van der Waals surface area contributed by atoms with Crippen LogP contribution in [0, 0.1) is 6.67 Å². The maximum atomic E-state index is 12.0. The smallest absolute Gasteiger partial charge is 0.248 e. The van der Waals surface area contributed by atoms with Gasteiger partial charge < -0.3 is 0 Å². The maximum absolute atomic E-state index is 12.0. The van der Waals surface area contributed by atoms with Crippen molar-refractivity contribution >= 4 is 0 Å². The Balaban J connectivity index is 4.18. The Morgan fingerprint density at radius 2 is 1.73 bits per heavy atom. The molecule has 0 heterocycles. The van der Waals surface area contributed by atoms with E-state index in [0.29, 0.717) is 0 Å². The van der Waals surface area contributed by atoms with E-state index in [9.17, 15) is 26.3 Å². The van der Waals surface area contributed by atoms with Crippen LogP contribution in [0.15, 0.2) is 0 Å². The highest BCUT2D eigenvalue weighted by Crippen LogP contribution is 2.30.